The molecule has 1 aliphatic rings. The van der Waals surface area contributed by atoms with E-state index in [1.165, 1.54) is 12.1 Å². The third-order valence-electron chi connectivity index (χ3n) is 4.04. The van der Waals surface area contributed by atoms with Crippen molar-refractivity contribution < 1.29 is 20.1 Å². The Morgan fingerprint density at radius 2 is 1.95 bits per heavy atom. The van der Waals surface area contributed by atoms with E-state index < -0.39 is 5.97 Å². The number of benzene rings is 1. The quantitative estimate of drug-likeness (QED) is 0.723. The first-order chi connectivity index (χ1) is 8.90. The summed E-state index contributed by atoms with van der Waals surface area (Å²) in [6.45, 7) is 5.06. The van der Waals surface area contributed by atoms with Crippen LogP contribution >= 0.6 is 0 Å². The molecule has 104 valence electrons. The van der Waals surface area contributed by atoms with E-state index in [0.717, 1.165) is 0 Å². The van der Waals surface area contributed by atoms with Gasteiger partial charge in [-0.25, -0.2) is 0 Å². The summed E-state index contributed by atoms with van der Waals surface area (Å²) in [5.74, 6) is -0.686. The van der Waals surface area contributed by atoms with Crippen molar-refractivity contribution in [1.82, 2.24) is 4.90 Å². The highest BCUT2D eigenvalue weighted by molar-refractivity contribution is 5.70. The van der Waals surface area contributed by atoms with Crippen LogP contribution in [0.5, 0.6) is 11.5 Å². The van der Waals surface area contributed by atoms with Crippen LogP contribution in [0.2, 0.25) is 0 Å². The van der Waals surface area contributed by atoms with Crippen LogP contribution in [0.4, 0.5) is 0 Å². The van der Waals surface area contributed by atoms with Crippen molar-refractivity contribution in [1.29, 1.82) is 0 Å². The molecule has 0 bridgehead atoms. The molecule has 0 spiro atoms. The molecule has 1 fully saturated rings. The van der Waals surface area contributed by atoms with Gasteiger partial charge in [0.05, 0.1) is 5.92 Å². The van der Waals surface area contributed by atoms with Crippen LogP contribution in [0.1, 0.15) is 25.5 Å². The van der Waals surface area contributed by atoms with Gasteiger partial charge in [-0.2, -0.15) is 0 Å². The Morgan fingerprint density at radius 3 is 2.53 bits per heavy atom. The van der Waals surface area contributed by atoms with Gasteiger partial charge in [0.15, 0.2) is 0 Å². The molecule has 2 atom stereocenters. The largest absolute Gasteiger partial charge is 0.508 e. The van der Waals surface area contributed by atoms with E-state index in [1.807, 2.05) is 6.92 Å². The molecule has 0 aromatic heterocycles. The Labute approximate surface area is 112 Å². The van der Waals surface area contributed by atoms with Crippen LogP contribution < -0.4 is 0 Å². The molecule has 1 aromatic carbocycles. The summed E-state index contributed by atoms with van der Waals surface area (Å²) in [6, 6.07) is 4.42. The first-order valence-electron chi connectivity index (χ1n) is 6.39. The molecular formula is C14H19NO4. The number of hydrogen-bond donors (Lipinski definition) is 3. The van der Waals surface area contributed by atoms with E-state index in [-0.39, 0.29) is 29.4 Å². The summed E-state index contributed by atoms with van der Waals surface area (Å²) in [5, 5.41) is 28.2. The third-order valence-corrected chi connectivity index (χ3v) is 4.04. The van der Waals surface area contributed by atoms with Crippen LogP contribution in [0.15, 0.2) is 18.2 Å². The van der Waals surface area contributed by atoms with Gasteiger partial charge in [0.2, 0.25) is 0 Å². The van der Waals surface area contributed by atoms with E-state index in [0.29, 0.717) is 18.7 Å². The van der Waals surface area contributed by atoms with E-state index in [1.54, 1.807) is 13.0 Å². The van der Waals surface area contributed by atoms with E-state index in [9.17, 15) is 15.0 Å². The zero-order chi connectivity index (χ0) is 14.2. The molecule has 1 heterocycles. The number of phenolic OH excluding ortho intramolecular Hbond substituents is 2. The minimum atomic E-state index is -0.766. The third kappa shape index (κ3) is 2.66. The van der Waals surface area contributed by atoms with Crippen molar-refractivity contribution >= 4 is 5.97 Å². The van der Waals surface area contributed by atoms with Crippen LogP contribution in [-0.2, 0) is 4.79 Å². The fourth-order valence-electron chi connectivity index (χ4n) is 2.46. The molecule has 2 rings (SSSR count). The summed E-state index contributed by atoms with van der Waals surface area (Å²) in [5.41, 5.74) is 0.668. The topological polar surface area (TPSA) is 81.0 Å². The number of phenols is 2. The molecule has 1 saturated heterocycles. The molecule has 0 radical (unpaired) electrons. The lowest BCUT2D eigenvalue weighted by Crippen LogP contribution is -2.51. The monoisotopic (exact) mass is 265 g/mol. The Balaban J connectivity index is 2.01. The lowest BCUT2D eigenvalue weighted by molar-refractivity contribution is -0.146. The first kappa shape index (κ1) is 13.7. The molecule has 2 unspecified atom stereocenters. The first-order valence-corrected chi connectivity index (χ1v) is 6.39. The highest BCUT2D eigenvalue weighted by Crippen LogP contribution is 2.36. The standard InChI is InChI=1S/C14H19NO4/c1-8(14(18)19)10-6-15(7-10)9(2)12-5-11(16)3-4-13(12)17/h3-5,8-10,16-17H,6-7H2,1-2H3,(H,18,19). The molecule has 0 saturated carbocycles. The average molecular weight is 265 g/mol. The fraction of sp³-hybridized carbons (Fsp3) is 0.500. The maximum Gasteiger partial charge on any atom is 0.306 e. The zero-order valence-corrected chi connectivity index (χ0v) is 11.1. The SMILES string of the molecule is CC(C(=O)O)C1CN(C(C)c2cc(O)ccc2O)C1. The smallest absolute Gasteiger partial charge is 0.306 e. The van der Waals surface area contributed by atoms with Crippen molar-refractivity contribution in [2.24, 2.45) is 11.8 Å². The summed E-state index contributed by atoms with van der Waals surface area (Å²) >= 11 is 0. The van der Waals surface area contributed by atoms with Crippen LogP contribution in [-0.4, -0.2) is 39.3 Å². The highest BCUT2D eigenvalue weighted by Gasteiger charge is 2.37. The summed E-state index contributed by atoms with van der Waals surface area (Å²) in [7, 11) is 0. The highest BCUT2D eigenvalue weighted by atomic mass is 16.4. The summed E-state index contributed by atoms with van der Waals surface area (Å²) < 4.78 is 0. The van der Waals surface area contributed by atoms with Crippen molar-refractivity contribution in [2.45, 2.75) is 19.9 Å². The number of carboxylic acid groups (broad SMARTS) is 1. The van der Waals surface area contributed by atoms with E-state index in [4.69, 9.17) is 5.11 Å². The van der Waals surface area contributed by atoms with Crippen LogP contribution in [0.25, 0.3) is 0 Å². The maximum absolute atomic E-state index is 10.9. The van der Waals surface area contributed by atoms with Crippen molar-refractivity contribution in [3.05, 3.63) is 23.8 Å². The van der Waals surface area contributed by atoms with Gasteiger partial charge in [-0.15, -0.1) is 0 Å². The van der Waals surface area contributed by atoms with Gasteiger partial charge in [0, 0.05) is 24.7 Å². The van der Waals surface area contributed by atoms with Gasteiger partial charge < -0.3 is 15.3 Å². The number of carbonyl (C=O) groups is 1. The van der Waals surface area contributed by atoms with Gasteiger partial charge in [-0.1, -0.05) is 6.92 Å². The zero-order valence-electron chi connectivity index (χ0n) is 11.1. The van der Waals surface area contributed by atoms with Crippen LogP contribution in [0, 0.1) is 11.8 Å². The number of nitrogens with zero attached hydrogens (tertiary/aromatic N) is 1. The predicted octanol–water partition coefficient (Wildman–Crippen LogP) is 1.81. The molecule has 1 aliphatic heterocycles. The molecule has 0 aliphatic carbocycles. The molecule has 5 nitrogen and oxygen atoms in total. The predicted molar refractivity (Wildman–Crippen MR) is 70.0 cm³/mol. The summed E-state index contributed by atoms with van der Waals surface area (Å²) in [4.78, 5) is 13.0. The molecule has 0 amide bonds. The number of likely N-dealkylation sites (tertiary alicyclic amines) is 1. The number of aliphatic carboxylic acids is 1. The Hall–Kier alpha value is -1.75. The second-order valence-corrected chi connectivity index (χ2v) is 5.26. The maximum atomic E-state index is 10.9. The minimum absolute atomic E-state index is 0.0376. The lowest BCUT2D eigenvalue weighted by Gasteiger charge is -2.45. The van der Waals surface area contributed by atoms with E-state index in [2.05, 4.69) is 4.90 Å². The molecule has 3 N–H and O–H groups in total. The lowest BCUT2D eigenvalue weighted by atomic mass is 9.85. The second kappa shape index (κ2) is 5.09. The molecule has 5 heteroatoms. The number of carboxylic acids is 1. The number of rotatable bonds is 4. The van der Waals surface area contributed by atoms with Crippen molar-refractivity contribution in [2.75, 3.05) is 13.1 Å². The van der Waals surface area contributed by atoms with Gasteiger partial charge in [0.25, 0.3) is 0 Å². The number of aromatic hydroxyl groups is 2. The van der Waals surface area contributed by atoms with Gasteiger partial charge >= 0.3 is 5.97 Å². The van der Waals surface area contributed by atoms with E-state index >= 15 is 0 Å². The fourth-order valence-corrected chi connectivity index (χ4v) is 2.46. The number of hydrogen-bond acceptors (Lipinski definition) is 4. The van der Waals surface area contributed by atoms with Gasteiger partial charge in [-0.05, 0) is 31.0 Å². The van der Waals surface area contributed by atoms with Gasteiger partial charge in [0.1, 0.15) is 11.5 Å². The Morgan fingerprint density at radius 1 is 1.32 bits per heavy atom. The molecule has 1 aromatic rings. The summed E-state index contributed by atoms with van der Waals surface area (Å²) in [6.07, 6.45) is 0. The second-order valence-electron chi connectivity index (χ2n) is 5.26. The average Bonchev–Trinajstić information content (AvgIpc) is 2.29. The Bertz CT molecular complexity index is 482. The van der Waals surface area contributed by atoms with Crippen molar-refractivity contribution in [3.8, 4) is 11.5 Å². The minimum Gasteiger partial charge on any atom is -0.508 e. The molecule has 19 heavy (non-hydrogen) atoms. The molecular weight excluding hydrogens is 246 g/mol. The Kier molecular flexibility index (Phi) is 3.66. The van der Waals surface area contributed by atoms with Crippen molar-refractivity contribution in [3.63, 3.8) is 0 Å². The van der Waals surface area contributed by atoms with Gasteiger partial charge in [-0.3, -0.25) is 9.69 Å². The normalized spacial score (nSPS) is 19.7. The van der Waals surface area contributed by atoms with Crippen LogP contribution in [0.3, 0.4) is 0 Å².